The third kappa shape index (κ3) is 4.20. The van der Waals surface area contributed by atoms with Gasteiger partial charge in [-0.3, -0.25) is 9.59 Å². The van der Waals surface area contributed by atoms with Gasteiger partial charge in [0.2, 0.25) is 0 Å². The third-order valence-electron chi connectivity index (χ3n) is 2.48. The molecule has 0 aliphatic rings. The van der Waals surface area contributed by atoms with Gasteiger partial charge in [0.15, 0.2) is 6.61 Å². The minimum absolute atomic E-state index is 0.224. The summed E-state index contributed by atoms with van der Waals surface area (Å²) in [4.78, 5) is 22.8. The van der Waals surface area contributed by atoms with Gasteiger partial charge >= 0.3 is 5.97 Å². The van der Waals surface area contributed by atoms with Gasteiger partial charge in [0.25, 0.3) is 5.91 Å². The van der Waals surface area contributed by atoms with Gasteiger partial charge in [0.05, 0.1) is 5.92 Å². The summed E-state index contributed by atoms with van der Waals surface area (Å²) in [5.74, 6) is -0.915. The van der Waals surface area contributed by atoms with Crippen molar-refractivity contribution in [3.63, 3.8) is 0 Å². The Bertz CT molecular complexity index is 452. The molecule has 1 amide bonds. The first-order chi connectivity index (χ1) is 8.40. The van der Waals surface area contributed by atoms with Crippen LogP contribution in [0, 0.1) is 19.8 Å². The fourth-order valence-electron chi connectivity index (χ4n) is 1.36. The second kappa shape index (κ2) is 6.19. The number of carbonyl (C=O) groups excluding carboxylic acids is 2. The number of nitrogens with one attached hydrogen (secondary N) is 1. The van der Waals surface area contributed by atoms with Gasteiger partial charge < -0.3 is 10.1 Å². The first-order valence-electron chi connectivity index (χ1n) is 5.94. The fourth-order valence-corrected chi connectivity index (χ4v) is 1.36. The lowest BCUT2D eigenvalue weighted by atomic mass is 10.1. The van der Waals surface area contributed by atoms with Gasteiger partial charge in [-0.25, -0.2) is 0 Å². The molecule has 0 atom stereocenters. The molecule has 0 aliphatic heterocycles. The van der Waals surface area contributed by atoms with Gasteiger partial charge in [0.1, 0.15) is 0 Å². The molecular formula is C14H19NO3. The van der Waals surface area contributed by atoms with Crippen molar-refractivity contribution in [1.82, 2.24) is 0 Å². The van der Waals surface area contributed by atoms with E-state index in [0.717, 1.165) is 16.8 Å². The fraction of sp³-hybridized carbons (Fsp3) is 0.429. The number of rotatable bonds is 4. The zero-order chi connectivity index (χ0) is 13.7. The van der Waals surface area contributed by atoms with E-state index in [1.54, 1.807) is 13.8 Å². The lowest BCUT2D eigenvalue weighted by Gasteiger charge is -2.10. The average Bonchev–Trinajstić information content (AvgIpc) is 2.30. The molecule has 1 rings (SSSR count). The maximum absolute atomic E-state index is 11.6. The van der Waals surface area contributed by atoms with Crippen molar-refractivity contribution in [1.29, 1.82) is 0 Å². The molecule has 0 aliphatic carbocycles. The number of amides is 1. The highest BCUT2D eigenvalue weighted by Gasteiger charge is 2.11. The molecule has 0 fully saturated rings. The predicted molar refractivity (Wildman–Crippen MR) is 70.3 cm³/mol. The van der Waals surface area contributed by atoms with Crippen LogP contribution in [0.4, 0.5) is 5.69 Å². The molecule has 18 heavy (non-hydrogen) atoms. The Labute approximate surface area is 107 Å². The number of hydrogen-bond donors (Lipinski definition) is 1. The Hall–Kier alpha value is -1.84. The number of carbonyl (C=O) groups is 2. The molecule has 4 nitrogen and oxygen atoms in total. The van der Waals surface area contributed by atoms with E-state index in [0.29, 0.717) is 0 Å². The maximum Gasteiger partial charge on any atom is 0.308 e. The van der Waals surface area contributed by atoms with Crippen LogP contribution >= 0.6 is 0 Å². The molecule has 1 aromatic carbocycles. The van der Waals surface area contributed by atoms with Crippen LogP contribution in [0.1, 0.15) is 25.0 Å². The van der Waals surface area contributed by atoms with E-state index in [2.05, 4.69) is 5.32 Å². The highest BCUT2D eigenvalue weighted by molar-refractivity contribution is 5.93. The summed E-state index contributed by atoms with van der Waals surface area (Å²) >= 11 is 0. The Balaban J connectivity index is 2.55. The highest BCUT2D eigenvalue weighted by Crippen LogP contribution is 2.16. The lowest BCUT2D eigenvalue weighted by Crippen LogP contribution is -2.23. The summed E-state index contributed by atoms with van der Waals surface area (Å²) in [5.41, 5.74) is 2.79. The van der Waals surface area contributed by atoms with Gasteiger partial charge in [-0.1, -0.05) is 26.0 Å². The molecule has 4 heteroatoms. The smallest absolute Gasteiger partial charge is 0.308 e. The summed E-state index contributed by atoms with van der Waals surface area (Å²) in [6.45, 7) is 7.07. The second-order valence-electron chi connectivity index (χ2n) is 4.63. The molecule has 0 saturated carbocycles. The predicted octanol–water partition coefficient (Wildman–Crippen LogP) is 2.44. The van der Waals surface area contributed by atoms with Crippen molar-refractivity contribution in [2.45, 2.75) is 27.7 Å². The van der Waals surface area contributed by atoms with Crippen molar-refractivity contribution in [2.75, 3.05) is 11.9 Å². The zero-order valence-corrected chi connectivity index (χ0v) is 11.2. The first kappa shape index (κ1) is 14.2. The van der Waals surface area contributed by atoms with E-state index >= 15 is 0 Å². The minimum atomic E-state index is -0.369. The Kier molecular flexibility index (Phi) is 4.89. The minimum Gasteiger partial charge on any atom is -0.455 e. The molecule has 98 valence electrons. The molecule has 0 bridgehead atoms. The average molecular weight is 249 g/mol. The molecule has 0 heterocycles. The summed E-state index contributed by atoms with van der Waals surface area (Å²) in [6.07, 6.45) is 0. The van der Waals surface area contributed by atoms with Crippen LogP contribution in [0.25, 0.3) is 0 Å². The van der Waals surface area contributed by atoms with E-state index in [-0.39, 0.29) is 24.4 Å². The van der Waals surface area contributed by atoms with Crippen LogP contribution < -0.4 is 5.32 Å². The van der Waals surface area contributed by atoms with Crippen molar-refractivity contribution in [2.24, 2.45) is 5.92 Å². The monoisotopic (exact) mass is 249 g/mol. The number of hydrogen-bond acceptors (Lipinski definition) is 3. The van der Waals surface area contributed by atoms with Gasteiger partial charge in [0, 0.05) is 5.69 Å². The maximum atomic E-state index is 11.6. The quantitative estimate of drug-likeness (QED) is 0.834. The first-order valence-corrected chi connectivity index (χ1v) is 5.94. The van der Waals surface area contributed by atoms with E-state index in [1.807, 2.05) is 32.0 Å². The number of benzene rings is 1. The van der Waals surface area contributed by atoms with Gasteiger partial charge in [-0.2, -0.15) is 0 Å². The number of aryl methyl sites for hydroxylation is 2. The SMILES string of the molecule is Cc1ccc(C)c(NC(=O)COC(=O)C(C)C)c1. The van der Waals surface area contributed by atoms with Crippen LogP contribution in [-0.2, 0) is 14.3 Å². The van der Waals surface area contributed by atoms with E-state index in [4.69, 9.17) is 4.74 Å². The van der Waals surface area contributed by atoms with Crippen molar-refractivity contribution >= 4 is 17.6 Å². The van der Waals surface area contributed by atoms with Crippen LogP contribution in [-0.4, -0.2) is 18.5 Å². The summed E-state index contributed by atoms with van der Waals surface area (Å²) in [5, 5.41) is 2.73. The van der Waals surface area contributed by atoms with E-state index < -0.39 is 0 Å². The Morgan fingerprint density at radius 1 is 1.28 bits per heavy atom. The molecule has 1 N–H and O–H groups in total. The number of esters is 1. The van der Waals surface area contributed by atoms with Gasteiger partial charge in [-0.05, 0) is 31.0 Å². The summed E-state index contributed by atoms with van der Waals surface area (Å²) in [7, 11) is 0. The molecule has 0 spiro atoms. The third-order valence-corrected chi connectivity index (χ3v) is 2.48. The number of ether oxygens (including phenoxy) is 1. The van der Waals surface area contributed by atoms with Crippen LogP contribution in [0.2, 0.25) is 0 Å². The van der Waals surface area contributed by atoms with E-state index in [9.17, 15) is 9.59 Å². The summed E-state index contributed by atoms with van der Waals surface area (Å²) < 4.78 is 4.86. The molecule has 0 unspecified atom stereocenters. The second-order valence-corrected chi connectivity index (χ2v) is 4.63. The topological polar surface area (TPSA) is 55.4 Å². The highest BCUT2D eigenvalue weighted by atomic mass is 16.5. The molecule has 0 radical (unpaired) electrons. The largest absolute Gasteiger partial charge is 0.455 e. The molecule has 0 saturated heterocycles. The number of anilines is 1. The lowest BCUT2D eigenvalue weighted by molar-refractivity contribution is -0.150. The molecular weight excluding hydrogens is 230 g/mol. The van der Waals surface area contributed by atoms with E-state index in [1.165, 1.54) is 0 Å². The van der Waals surface area contributed by atoms with Crippen LogP contribution in [0.3, 0.4) is 0 Å². The Morgan fingerprint density at radius 3 is 2.56 bits per heavy atom. The molecule has 0 aromatic heterocycles. The molecule has 1 aromatic rings. The summed E-state index contributed by atoms with van der Waals surface area (Å²) in [6, 6.07) is 5.80. The zero-order valence-electron chi connectivity index (χ0n) is 11.2. The van der Waals surface area contributed by atoms with Gasteiger partial charge in [-0.15, -0.1) is 0 Å². The van der Waals surface area contributed by atoms with Crippen molar-refractivity contribution in [3.8, 4) is 0 Å². The van der Waals surface area contributed by atoms with Crippen LogP contribution in [0.15, 0.2) is 18.2 Å². The van der Waals surface area contributed by atoms with Crippen molar-refractivity contribution in [3.05, 3.63) is 29.3 Å². The standard InChI is InChI=1S/C14H19NO3/c1-9(2)14(17)18-8-13(16)15-12-7-10(3)5-6-11(12)4/h5-7,9H,8H2,1-4H3,(H,15,16). The normalized spacial score (nSPS) is 10.3. The van der Waals surface area contributed by atoms with Crippen LogP contribution in [0.5, 0.6) is 0 Å². The Morgan fingerprint density at radius 2 is 1.94 bits per heavy atom. The van der Waals surface area contributed by atoms with Crippen molar-refractivity contribution < 1.29 is 14.3 Å².